The molecular formula is C19H14F6O7. The molecule has 0 saturated carbocycles. The summed E-state index contributed by atoms with van der Waals surface area (Å²) in [7, 11) is 0. The number of benzene rings is 1. The number of hydrogen-bond acceptors (Lipinski definition) is 7. The highest BCUT2D eigenvalue weighted by Crippen LogP contribution is 2.46. The van der Waals surface area contributed by atoms with Gasteiger partial charge in [0.15, 0.2) is 24.8 Å². The molecule has 0 aromatic heterocycles. The summed E-state index contributed by atoms with van der Waals surface area (Å²) in [6.45, 7) is 4.73. The van der Waals surface area contributed by atoms with Crippen molar-refractivity contribution in [3.63, 3.8) is 0 Å². The van der Waals surface area contributed by atoms with Crippen LogP contribution in [0.25, 0.3) is 0 Å². The highest BCUT2D eigenvalue weighted by Gasteiger charge is 2.63. The van der Waals surface area contributed by atoms with Crippen LogP contribution < -0.4 is 0 Å². The van der Waals surface area contributed by atoms with E-state index in [1.807, 2.05) is 0 Å². The van der Waals surface area contributed by atoms with Crippen LogP contribution in [0.4, 0.5) is 26.3 Å². The number of ether oxygens (including phenoxy) is 5. The number of rotatable bonds is 3. The van der Waals surface area contributed by atoms with Crippen LogP contribution in [0.15, 0.2) is 30.4 Å². The van der Waals surface area contributed by atoms with Gasteiger partial charge in [-0.3, -0.25) is 0 Å². The van der Waals surface area contributed by atoms with Crippen LogP contribution in [-0.2, 0) is 45.6 Å². The average Bonchev–Trinajstić information content (AvgIpc) is 3.31. The molecule has 32 heavy (non-hydrogen) atoms. The minimum atomic E-state index is -5.05. The molecule has 6 atom stereocenters. The molecule has 7 nitrogen and oxygen atoms in total. The van der Waals surface area contributed by atoms with Gasteiger partial charge in [0.2, 0.25) is 6.10 Å². The number of hydrogen-bond donors (Lipinski definition) is 0. The van der Waals surface area contributed by atoms with Gasteiger partial charge < -0.3 is 23.7 Å². The van der Waals surface area contributed by atoms with Crippen LogP contribution in [0.3, 0.4) is 0 Å². The van der Waals surface area contributed by atoms with Gasteiger partial charge in [0.25, 0.3) is 0 Å². The van der Waals surface area contributed by atoms with Gasteiger partial charge in [-0.15, -0.1) is 0 Å². The van der Waals surface area contributed by atoms with E-state index < -0.39 is 78.0 Å². The van der Waals surface area contributed by atoms with Crippen LogP contribution >= 0.6 is 0 Å². The van der Waals surface area contributed by atoms with Gasteiger partial charge in [0.1, 0.15) is 6.10 Å². The first-order valence-corrected chi connectivity index (χ1v) is 9.08. The van der Waals surface area contributed by atoms with Crippen molar-refractivity contribution in [2.24, 2.45) is 0 Å². The fraction of sp³-hybridized carbons (Fsp3) is 0.474. The number of carbonyl (C=O) groups is 2. The molecule has 1 unspecified atom stereocenters. The van der Waals surface area contributed by atoms with E-state index in [1.165, 1.54) is 6.92 Å². The highest BCUT2D eigenvalue weighted by atomic mass is 19.4. The molecule has 3 saturated heterocycles. The molecule has 0 amide bonds. The normalized spacial score (nSPS) is 31.8. The van der Waals surface area contributed by atoms with Crippen molar-refractivity contribution >= 4 is 11.9 Å². The van der Waals surface area contributed by atoms with Crippen LogP contribution in [0.5, 0.6) is 0 Å². The van der Waals surface area contributed by atoms with Gasteiger partial charge in [0.05, 0.1) is 11.1 Å². The van der Waals surface area contributed by atoms with Crippen molar-refractivity contribution in [2.45, 2.75) is 56.3 Å². The molecule has 3 aliphatic heterocycles. The Kier molecular flexibility index (Phi) is 5.25. The number of halogens is 6. The van der Waals surface area contributed by atoms with Crippen molar-refractivity contribution in [1.82, 2.24) is 0 Å². The molecular weight excluding hydrogens is 454 g/mol. The molecule has 0 N–H and O–H groups in total. The smallest absolute Gasteiger partial charge is 0.416 e. The Balaban J connectivity index is 1.55. The van der Waals surface area contributed by atoms with E-state index in [0.717, 1.165) is 0 Å². The zero-order valence-corrected chi connectivity index (χ0v) is 16.0. The summed E-state index contributed by atoms with van der Waals surface area (Å²) in [6.07, 6.45) is -17.9. The van der Waals surface area contributed by atoms with Crippen LogP contribution in [-0.4, -0.2) is 42.6 Å². The number of alkyl halides is 6. The zero-order valence-electron chi connectivity index (χ0n) is 16.0. The third kappa shape index (κ3) is 3.95. The minimum absolute atomic E-state index is 0.0111. The third-order valence-corrected chi connectivity index (χ3v) is 4.99. The first-order chi connectivity index (χ1) is 14.8. The largest absolute Gasteiger partial charge is 0.454 e. The summed E-state index contributed by atoms with van der Waals surface area (Å²) < 4.78 is 105. The lowest BCUT2D eigenvalue weighted by molar-refractivity contribution is -0.182. The molecule has 3 fully saturated rings. The second-order valence-electron chi connectivity index (χ2n) is 7.38. The van der Waals surface area contributed by atoms with Gasteiger partial charge in [-0.1, -0.05) is 6.58 Å². The Labute approximate surface area is 175 Å². The predicted octanol–water partition coefficient (Wildman–Crippen LogP) is 3.28. The SMILES string of the molecule is C=C(C)C(=O)O[C@@H]1C(=O)O[C@@H]2[C@H]3OC(c4cc(C(F)(F)F)cc(C(F)(F)F)c4)O[C@H]3O[C@@H]21. The van der Waals surface area contributed by atoms with Crippen molar-refractivity contribution in [3.05, 3.63) is 47.0 Å². The second kappa shape index (κ2) is 7.46. The van der Waals surface area contributed by atoms with Gasteiger partial charge >= 0.3 is 24.3 Å². The van der Waals surface area contributed by atoms with Gasteiger partial charge in [0, 0.05) is 11.1 Å². The molecule has 174 valence electrons. The quantitative estimate of drug-likeness (QED) is 0.383. The molecule has 4 rings (SSSR count). The van der Waals surface area contributed by atoms with E-state index in [1.54, 1.807) is 0 Å². The lowest BCUT2D eigenvalue weighted by Crippen LogP contribution is -2.36. The number of fused-ring (bicyclic) bond motifs is 3. The molecule has 3 heterocycles. The van der Waals surface area contributed by atoms with Crippen LogP contribution in [0.2, 0.25) is 0 Å². The van der Waals surface area contributed by atoms with Crippen LogP contribution in [0, 0.1) is 0 Å². The topological polar surface area (TPSA) is 80.3 Å². The Hall–Kier alpha value is -2.64. The van der Waals surface area contributed by atoms with E-state index in [9.17, 15) is 35.9 Å². The molecule has 0 aliphatic carbocycles. The third-order valence-electron chi connectivity index (χ3n) is 4.99. The lowest BCUT2D eigenvalue weighted by atomic mass is 10.0. The monoisotopic (exact) mass is 468 g/mol. The van der Waals surface area contributed by atoms with E-state index in [0.29, 0.717) is 12.1 Å². The lowest BCUT2D eigenvalue weighted by Gasteiger charge is -2.20. The molecule has 0 radical (unpaired) electrons. The van der Waals surface area contributed by atoms with Crippen molar-refractivity contribution in [1.29, 1.82) is 0 Å². The predicted molar refractivity (Wildman–Crippen MR) is 88.4 cm³/mol. The van der Waals surface area contributed by atoms with Crippen molar-refractivity contribution < 1.29 is 59.6 Å². The second-order valence-corrected chi connectivity index (χ2v) is 7.38. The summed E-state index contributed by atoms with van der Waals surface area (Å²) in [5.74, 6) is -1.82. The van der Waals surface area contributed by atoms with Gasteiger partial charge in [-0.2, -0.15) is 26.3 Å². The van der Waals surface area contributed by atoms with E-state index in [-0.39, 0.29) is 11.6 Å². The van der Waals surface area contributed by atoms with Crippen molar-refractivity contribution in [2.75, 3.05) is 0 Å². The molecule has 3 aliphatic rings. The maximum Gasteiger partial charge on any atom is 0.416 e. The number of esters is 2. The highest BCUT2D eigenvalue weighted by molar-refractivity contribution is 5.90. The minimum Gasteiger partial charge on any atom is -0.454 e. The summed E-state index contributed by atoms with van der Waals surface area (Å²) >= 11 is 0. The maximum absolute atomic E-state index is 13.1. The first kappa shape index (κ1) is 22.6. The molecule has 1 aromatic rings. The molecule has 1 aromatic carbocycles. The molecule has 0 bridgehead atoms. The van der Waals surface area contributed by atoms with Crippen molar-refractivity contribution in [3.8, 4) is 0 Å². The maximum atomic E-state index is 13.1. The van der Waals surface area contributed by atoms with Gasteiger partial charge in [-0.25, -0.2) is 9.59 Å². The molecule has 0 spiro atoms. The summed E-state index contributed by atoms with van der Waals surface area (Å²) in [5.41, 5.74) is -3.61. The summed E-state index contributed by atoms with van der Waals surface area (Å²) in [6, 6.07) is 0.915. The fourth-order valence-electron chi connectivity index (χ4n) is 3.52. The fourth-order valence-corrected chi connectivity index (χ4v) is 3.52. The zero-order chi connectivity index (χ0) is 23.6. The Bertz CT molecular complexity index is 940. The Morgan fingerprint density at radius 2 is 1.53 bits per heavy atom. The van der Waals surface area contributed by atoms with E-state index in [4.69, 9.17) is 23.7 Å². The first-order valence-electron chi connectivity index (χ1n) is 9.08. The summed E-state index contributed by atoms with van der Waals surface area (Å²) in [5, 5.41) is 0. The molecule has 13 heteroatoms. The number of carbonyl (C=O) groups excluding carboxylic acids is 2. The van der Waals surface area contributed by atoms with Crippen LogP contribution in [0.1, 0.15) is 29.9 Å². The Morgan fingerprint density at radius 3 is 2.06 bits per heavy atom. The standard InChI is InChI=1S/C19H14F6O7/c1-6(2)14(26)29-12-10-11(28-15(12)27)13-17(30-10)32-16(31-13)7-3-8(18(20,21)22)5-9(4-7)19(23,24)25/h3-5,10-13,16-17H,1H2,2H3/t10-,11-,12-,13+,16?,17+/m0/s1. The van der Waals surface area contributed by atoms with E-state index >= 15 is 0 Å². The summed E-state index contributed by atoms with van der Waals surface area (Å²) in [4.78, 5) is 23.8. The van der Waals surface area contributed by atoms with E-state index in [2.05, 4.69) is 6.58 Å². The van der Waals surface area contributed by atoms with Gasteiger partial charge in [-0.05, 0) is 25.1 Å². The average molecular weight is 468 g/mol. The Morgan fingerprint density at radius 1 is 0.938 bits per heavy atom.